The van der Waals surface area contributed by atoms with Gasteiger partial charge in [0.15, 0.2) is 0 Å². The van der Waals surface area contributed by atoms with Gasteiger partial charge in [-0.15, -0.1) is 0 Å². The second kappa shape index (κ2) is 5.24. The van der Waals surface area contributed by atoms with Gasteiger partial charge in [0, 0.05) is 34.1 Å². The fourth-order valence-electron chi connectivity index (χ4n) is 2.61. The van der Waals surface area contributed by atoms with E-state index in [1.54, 1.807) is 12.1 Å². The Morgan fingerprint density at radius 2 is 1.71 bits per heavy atom. The van der Waals surface area contributed by atoms with E-state index >= 15 is 0 Å². The van der Waals surface area contributed by atoms with Gasteiger partial charge >= 0.3 is 0 Å². The predicted molar refractivity (Wildman–Crippen MR) is 85.6 cm³/mol. The molecule has 0 aliphatic carbocycles. The number of nitrogens with zero attached hydrogens (tertiary/aromatic N) is 2. The summed E-state index contributed by atoms with van der Waals surface area (Å²) in [5, 5.41) is 1.65. The Hall–Kier alpha value is -1.72. The summed E-state index contributed by atoms with van der Waals surface area (Å²) >= 11 is 3.48. The van der Waals surface area contributed by atoms with Crippen LogP contribution in [0.5, 0.6) is 0 Å². The summed E-state index contributed by atoms with van der Waals surface area (Å²) < 4.78 is 0.894. The molecular weight excluding hydrogens is 332 g/mol. The SMILES string of the molecule is CN(C)CCN1C(=O)c2cccc3c(Br)ccc(c23)C1=O. The molecule has 1 aliphatic heterocycles. The standard InChI is InChI=1S/C16H15BrN2O2/c1-18(2)8-9-19-15(20)11-5-3-4-10-13(17)7-6-12(14(10)11)16(19)21/h3-7H,8-9H2,1-2H3. The van der Waals surface area contributed by atoms with Crippen molar-refractivity contribution in [2.75, 3.05) is 27.2 Å². The highest BCUT2D eigenvalue weighted by molar-refractivity contribution is 9.10. The van der Waals surface area contributed by atoms with E-state index in [1.165, 1.54) is 4.90 Å². The number of carbonyl (C=O) groups excluding carboxylic acids is 2. The summed E-state index contributed by atoms with van der Waals surface area (Å²) in [5.41, 5.74) is 1.20. The zero-order chi connectivity index (χ0) is 15.1. The normalized spacial score (nSPS) is 14.4. The molecule has 0 aromatic heterocycles. The fourth-order valence-corrected chi connectivity index (χ4v) is 3.08. The summed E-state index contributed by atoms with van der Waals surface area (Å²) in [7, 11) is 3.84. The third-order valence-corrected chi connectivity index (χ3v) is 4.40. The minimum absolute atomic E-state index is 0.210. The lowest BCUT2D eigenvalue weighted by Crippen LogP contribution is -2.43. The molecule has 2 amide bonds. The maximum atomic E-state index is 12.6. The molecule has 0 bridgehead atoms. The van der Waals surface area contributed by atoms with Gasteiger partial charge in [-0.2, -0.15) is 0 Å². The average Bonchev–Trinajstić information content (AvgIpc) is 2.45. The molecule has 1 heterocycles. The number of amides is 2. The molecule has 2 aromatic carbocycles. The Bertz CT molecular complexity index is 733. The van der Waals surface area contributed by atoms with Crippen molar-refractivity contribution in [3.8, 4) is 0 Å². The van der Waals surface area contributed by atoms with Gasteiger partial charge in [-0.1, -0.05) is 28.1 Å². The Labute approximate surface area is 131 Å². The second-order valence-electron chi connectivity index (χ2n) is 5.39. The van der Waals surface area contributed by atoms with Crippen LogP contribution in [0.4, 0.5) is 0 Å². The fraction of sp³-hybridized carbons (Fsp3) is 0.250. The van der Waals surface area contributed by atoms with Crippen molar-refractivity contribution in [1.82, 2.24) is 9.80 Å². The van der Waals surface area contributed by atoms with Crippen molar-refractivity contribution >= 4 is 38.5 Å². The molecule has 2 aromatic rings. The van der Waals surface area contributed by atoms with Crippen molar-refractivity contribution in [1.29, 1.82) is 0 Å². The minimum Gasteiger partial charge on any atom is -0.308 e. The molecule has 0 radical (unpaired) electrons. The van der Waals surface area contributed by atoms with Gasteiger partial charge in [0.1, 0.15) is 0 Å². The summed E-state index contributed by atoms with van der Waals surface area (Å²) in [6.45, 7) is 1.05. The van der Waals surface area contributed by atoms with E-state index in [0.717, 1.165) is 15.2 Å². The third kappa shape index (κ3) is 2.26. The Kier molecular flexibility index (Phi) is 3.55. The molecule has 0 fully saturated rings. The molecule has 0 N–H and O–H groups in total. The molecule has 0 spiro atoms. The van der Waals surface area contributed by atoms with Crippen LogP contribution >= 0.6 is 15.9 Å². The van der Waals surface area contributed by atoms with Crippen LogP contribution in [0.25, 0.3) is 10.8 Å². The molecule has 5 heteroatoms. The molecule has 0 unspecified atom stereocenters. The zero-order valence-electron chi connectivity index (χ0n) is 11.9. The van der Waals surface area contributed by atoms with Gasteiger partial charge in [-0.3, -0.25) is 14.5 Å². The Morgan fingerprint density at radius 1 is 1.05 bits per heavy atom. The Morgan fingerprint density at radius 3 is 2.38 bits per heavy atom. The van der Waals surface area contributed by atoms with Gasteiger partial charge in [-0.05, 0) is 37.7 Å². The van der Waals surface area contributed by atoms with Crippen LogP contribution in [0.2, 0.25) is 0 Å². The van der Waals surface area contributed by atoms with Crippen LogP contribution in [-0.2, 0) is 0 Å². The molecule has 0 saturated heterocycles. The molecule has 3 rings (SSSR count). The predicted octanol–water partition coefficient (Wildman–Crippen LogP) is 2.76. The number of benzene rings is 2. The molecule has 108 valence electrons. The van der Waals surface area contributed by atoms with Crippen LogP contribution < -0.4 is 0 Å². The van der Waals surface area contributed by atoms with E-state index in [2.05, 4.69) is 15.9 Å². The van der Waals surface area contributed by atoms with Gasteiger partial charge < -0.3 is 4.90 Å². The molecule has 21 heavy (non-hydrogen) atoms. The number of hydrogen-bond donors (Lipinski definition) is 0. The number of imide groups is 1. The van der Waals surface area contributed by atoms with Gasteiger partial charge in [-0.25, -0.2) is 0 Å². The van der Waals surface area contributed by atoms with Gasteiger partial charge in [0.2, 0.25) is 0 Å². The van der Waals surface area contributed by atoms with E-state index in [4.69, 9.17) is 0 Å². The largest absolute Gasteiger partial charge is 0.308 e. The second-order valence-corrected chi connectivity index (χ2v) is 6.24. The van der Waals surface area contributed by atoms with Crippen LogP contribution in [0.1, 0.15) is 20.7 Å². The van der Waals surface area contributed by atoms with Gasteiger partial charge in [0.25, 0.3) is 11.8 Å². The summed E-state index contributed by atoms with van der Waals surface area (Å²) in [4.78, 5) is 28.5. The van der Waals surface area contributed by atoms with E-state index in [9.17, 15) is 9.59 Å². The van der Waals surface area contributed by atoms with E-state index in [-0.39, 0.29) is 11.8 Å². The van der Waals surface area contributed by atoms with Crippen LogP contribution in [0, 0.1) is 0 Å². The van der Waals surface area contributed by atoms with Crippen molar-refractivity contribution in [2.45, 2.75) is 0 Å². The summed E-state index contributed by atoms with van der Waals surface area (Å²) in [5.74, 6) is -0.420. The lowest BCUT2D eigenvalue weighted by atomic mass is 9.94. The van der Waals surface area contributed by atoms with Crippen molar-refractivity contribution in [3.63, 3.8) is 0 Å². The number of likely N-dealkylation sites (N-methyl/N-ethyl adjacent to an activating group) is 1. The van der Waals surface area contributed by atoms with Crippen molar-refractivity contribution in [2.24, 2.45) is 0 Å². The summed E-state index contributed by atoms with van der Waals surface area (Å²) in [6, 6.07) is 9.20. The third-order valence-electron chi connectivity index (χ3n) is 3.71. The molecule has 0 atom stereocenters. The molecule has 1 aliphatic rings. The highest BCUT2D eigenvalue weighted by Crippen LogP contribution is 2.34. The monoisotopic (exact) mass is 346 g/mol. The van der Waals surface area contributed by atoms with Crippen LogP contribution in [0.15, 0.2) is 34.8 Å². The summed E-state index contributed by atoms with van der Waals surface area (Å²) in [6.07, 6.45) is 0. The first-order valence-corrected chi connectivity index (χ1v) is 7.52. The van der Waals surface area contributed by atoms with Crippen molar-refractivity contribution in [3.05, 3.63) is 45.9 Å². The number of rotatable bonds is 3. The number of halogens is 1. The Balaban J connectivity index is 2.15. The first kappa shape index (κ1) is 14.2. The molecule has 4 nitrogen and oxygen atoms in total. The van der Waals surface area contributed by atoms with E-state index in [1.807, 2.05) is 37.2 Å². The van der Waals surface area contributed by atoms with Crippen LogP contribution in [0.3, 0.4) is 0 Å². The van der Waals surface area contributed by atoms with Gasteiger partial charge in [0.05, 0.1) is 0 Å². The first-order valence-electron chi connectivity index (χ1n) is 6.73. The average molecular weight is 347 g/mol. The lowest BCUT2D eigenvalue weighted by Gasteiger charge is -2.28. The minimum atomic E-state index is -0.210. The van der Waals surface area contributed by atoms with E-state index in [0.29, 0.717) is 24.2 Å². The molecule has 0 saturated carbocycles. The maximum Gasteiger partial charge on any atom is 0.261 e. The quantitative estimate of drug-likeness (QED) is 0.802. The molecular formula is C16H15BrN2O2. The highest BCUT2D eigenvalue weighted by Gasteiger charge is 2.32. The number of hydrogen-bond acceptors (Lipinski definition) is 3. The topological polar surface area (TPSA) is 40.6 Å². The lowest BCUT2D eigenvalue weighted by molar-refractivity contribution is 0.0601. The highest BCUT2D eigenvalue weighted by atomic mass is 79.9. The smallest absolute Gasteiger partial charge is 0.261 e. The van der Waals surface area contributed by atoms with Crippen LogP contribution in [-0.4, -0.2) is 48.8 Å². The van der Waals surface area contributed by atoms with Crippen molar-refractivity contribution < 1.29 is 9.59 Å². The maximum absolute atomic E-state index is 12.6. The zero-order valence-corrected chi connectivity index (χ0v) is 13.5. The number of carbonyl (C=O) groups is 2. The first-order chi connectivity index (χ1) is 10.0. The van der Waals surface area contributed by atoms with E-state index < -0.39 is 0 Å².